The molecule has 0 unspecified atom stereocenters. The van der Waals surface area contributed by atoms with Crippen molar-refractivity contribution in [2.24, 2.45) is 5.73 Å². The van der Waals surface area contributed by atoms with Crippen LogP contribution in [-0.2, 0) is 4.79 Å². The van der Waals surface area contributed by atoms with Gasteiger partial charge in [-0.3, -0.25) is 4.79 Å². The molecule has 1 aliphatic heterocycles. The lowest BCUT2D eigenvalue weighted by Crippen LogP contribution is -2.33. The van der Waals surface area contributed by atoms with E-state index in [1.807, 2.05) is 28.2 Å². The Morgan fingerprint density at radius 3 is 2.00 bits per heavy atom. The maximum absolute atomic E-state index is 11.3. The molecule has 0 aromatic carbocycles. The standard InChI is InChI=1S/C10H16N8O/c1-16(2)8-13-9(17(3)4)15-10(14-8)18-5-6(19)12-7(18)11/h5H2,1-4H3,(H2,11,12,19)/p+1. The number of aromatic nitrogens is 3. The Balaban J connectivity index is 2.51. The minimum atomic E-state index is -0.185. The van der Waals surface area contributed by atoms with E-state index in [1.165, 1.54) is 4.58 Å². The molecule has 9 heteroatoms. The summed E-state index contributed by atoms with van der Waals surface area (Å²) >= 11 is 0. The lowest BCUT2D eigenvalue weighted by atomic mass is 10.6. The van der Waals surface area contributed by atoms with Gasteiger partial charge in [0, 0.05) is 28.2 Å². The summed E-state index contributed by atoms with van der Waals surface area (Å²) in [7, 11) is 7.33. The molecule has 0 radical (unpaired) electrons. The molecule has 3 N–H and O–H groups in total. The minimum Gasteiger partial charge on any atom is -0.338 e. The number of hydrogen-bond acceptors (Lipinski definition) is 7. The Labute approximate surface area is 110 Å². The fraction of sp³-hybridized carbons (Fsp3) is 0.500. The van der Waals surface area contributed by atoms with Crippen LogP contribution >= 0.6 is 0 Å². The quantitative estimate of drug-likeness (QED) is 0.615. The number of hydrogen-bond donors (Lipinski definition) is 2. The van der Waals surface area contributed by atoms with Crippen LogP contribution in [0.5, 0.6) is 0 Å². The first kappa shape index (κ1) is 13.0. The van der Waals surface area contributed by atoms with E-state index in [1.54, 1.807) is 9.80 Å². The summed E-state index contributed by atoms with van der Waals surface area (Å²) in [6, 6.07) is 0. The van der Waals surface area contributed by atoms with Crippen molar-refractivity contribution in [3.63, 3.8) is 0 Å². The zero-order valence-electron chi connectivity index (χ0n) is 11.4. The second-order valence-corrected chi connectivity index (χ2v) is 4.54. The third-order valence-electron chi connectivity index (χ3n) is 2.50. The van der Waals surface area contributed by atoms with Gasteiger partial charge in [0.05, 0.1) is 0 Å². The lowest BCUT2D eigenvalue weighted by Gasteiger charge is -2.13. The van der Waals surface area contributed by atoms with Crippen LogP contribution in [0.15, 0.2) is 0 Å². The third kappa shape index (κ3) is 2.54. The highest BCUT2D eigenvalue weighted by molar-refractivity contribution is 5.98. The van der Waals surface area contributed by atoms with Crippen LogP contribution in [0.25, 0.3) is 0 Å². The van der Waals surface area contributed by atoms with Crippen LogP contribution in [0.3, 0.4) is 0 Å². The molecule has 1 amide bonds. The van der Waals surface area contributed by atoms with Gasteiger partial charge in [0.2, 0.25) is 0 Å². The van der Waals surface area contributed by atoms with E-state index in [4.69, 9.17) is 5.73 Å². The van der Waals surface area contributed by atoms with Gasteiger partial charge in [0.15, 0.2) is 0 Å². The highest BCUT2D eigenvalue weighted by Crippen LogP contribution is 2.15. The first-order valence-electron chi connectivity index (χ1n) is 5.69. The first-order valence-corrected chi connectivity index (χ1v) is 5.69. The fourth-order valence-electron chi connectivity index (χ4n) is 1.52. The maximum atomic E-state index is 11.3. The predicted octanol–water partition coefficient (Wildman–Crippen LogP) is -1.91. The van der Waals surface area contributed by atoms with Gasteiger partial charge in [0.1, 0.15) is 6.54 Å². The molecule has 1 aromatic heterocycles. The summed E-state index contributed by atoms with van der Waals surface area (Å²) in [4.78, 5) is 27.7. The zero-order valence-corrected chi connectivity index (χ0v) is 11.4. The molecule has 0 saturated heterocycles. The number of nitrogens with zero attached hydrogens (tertiary/aromatic N) is 6. The van der Waals surface area contributed by atoms with E-state index in [2.05, 4.69) is 20.3 Å². The van der Waals surface area contributed by atoms with Crippen molar-refractivity contribution in [3.8, 4) is 0 Å². The number of rotatable bonds is 3. The number of carbonyl (C=O) groups excluding carboxylic acids is 1. The van der Waals surface area contributed by atoms with Crippen LogP contribution in [0.4, 0.5) is 17.8 Å². The van der Waals surface area contributed by atoms with E-state index in [0.29, 0.717) is 17.8 Å². The summed E-state index contributed by atoms with van der Waals surface area (Å²) in [6.45, 7) is 0.107. The van der Waals surface area contributed by atoms with Gasteiger partial charge in [-0.05, 0) is 0 Å². The van der Waals surface area contributed by atoms with Gasteiger partial charge in [-0.2, -0.15) is 4.98 Å². The van der Waals surface area contributed by atoms with E-state index >= 15 is 0 Å². The number of amides is 1. The first-order chi connectivity index (χ1) is 8.88. The average Bonchev–Trinajstić information content (AvgIpc) is 2.67. The van der Waals surface area contributed by atoms with Crippen LogP contribution < -0.4 is 20.9 Å². The number of nitrogens with one attached hydrogen (secondary N) is 1. The zero-order chi connectivity index (χ0) is 14.2. The van der Waals surface area contributed by atoms with Crippen LogP contribution in [0, 0.1) is 0 Å². The highest BCUT2D eigenvalue weighted by Gasteiger charge is 2.28. The molecule has 0 atom stereocenters. The molecule has 1 aliphatic rings. The Morgan fingerprint density at radius 2 is 1.63 bits per heavy atom. The number of guanidine groups is 1. The van der Waals surface area contributed by atoms with Gasteiger partial charge >= 0.3 is 5.95 Å². The third-order valence-corrected chi connectivity index (χ3v) is 2.50. The maximum Gasteiger partial charge on any atom is 0.363 e. The molecule has 1 aromatic rings. The molecule has 0 saturated carbocycles. The van der Waals surface area contributed by atoms with Gasteiger partial charge in [-0.15, -0.1) is 0 Å². The van der Waals surface area contributed by atoms with Crippen molar-refractivity contribution in [2.75, 3.05) is 44.5 Å². The van der Waals surface area contributed by atoms with Gasteiger partial charge in [-0.1, -0.05) is 9.97 Å². The van der Waals surface area contributed by atoms with E-state index in [0.717, 1.165) is 0 Å². The van der Waals surface area contributed by atoms with E-state index < -0.39 is 0 Å². The minimum absolute atomic E-state index is 0.107. The molecule has 2 heterocycles. The summed E-state index contributed by atoms with van der Waals surface area (Å²) in [5.41, 5.74) is 5.74. The average molecular weight is 265 g/mol. The fourth-order valence-corrected chi connectivity index (χ4v) is 1.52. The SMILES string of the molecule is CN(C)c1nc(N(C)C)nc([N+]2=C(N)NC(=O)C2)n1. The molecule has 9 nitrogen and oxygen atoms in total. The summed E-state index contributed by atoms with van der Waals surface area (Å²) in [6.07, 6.45) is 0. The molecular weight excluding hydrogens is 248 g/mol. The van der Waals surface area contributed by atoms with Crippen molar-refractivity contribution in [1.29, 1.82) is 0 Å². The van der Waals surface area contributed by atoms with Gasteiger partial charge in [-0.25, -0.2) is 9.89 Å². The normalized spacial score (nSPS) is 14.6. The highest BCUT2D eigenvalue weighted by atomic mass is 16.2. The Bertz CT molecular complexity index is 524. The number of nitrogens with two attached hydrogens (primary N) is 1. The van der Waals surface area contributed by atoms with E-state index in [-0.39, 0.29) is 18.4 Å². The van der Waals surface area contributed by atoms with Crippen LogP contribution in [-0.4, -0.2) is 66.1 Å². The topological polar surface area (TPSA) is 103 Å². The second-order valence-electron chi connectivity index (χ2n) is 4.54. The summed E-state index contributed by atoms with van der Waals surface area (Å²) < 4.78 is 1.52. The summed E-state index contributed by atoms with van der Waals surface area (Å²) in [5.74, 6) is 1.39. The predicted molar refractivity (Wildman–Crippen MR) is 70.6 cm³/mol. The molecule has 19 heavy (non-hydrogen) atoms. The van der Waals surface area contributed by atoms with E-state index in [9.17, 15) is 4.79 Å². The summed E-state index contributed by atoms with van der Waals surface area (Å²) in [5, 5.41) is 2.52. The molecule has 0 fully saturated rings. The molecule has 0 spiro atoms. The second kappa shape index (κ2) is 4.67. The van der Waals surface area contributed by atoms with Crippen molar-refractivity contribution in [1.82, 2.24) is 20.3 Å². The molecular formula is C10H17N8O+. The van der Waals surface area contributed by atoms with Crippen molar-refractivity contribution < 1.29 is 9.37 Å². The van der Waals surface area contributed by atoms with Crippen molar-refractivity contribution >= 4 is 29.7 Å². The Morgan fingerprint density at radius 1 is 1.11 bits per heavy atom. The molecule has 102 valence electrons. The van der Waals surface area contributed by atoms with Crippen LogP contribution in [0.1, 0.15) is 0 Å². The number of carbonyl (C=O) groups is 1. The Hall–Kier alpha value is -2.45. The van der Waals surface area contributed by atoms with Crippen molar-refractivity contribution in [2.45, 2.75) is 0 Å². The van der Waals surface area contributed by atoms with Gasteiger partial charge in [0.25, 0.3) is 23.8 Å². The smallest absolute Gasteiger partial charge is 0.338 e. The number of anilines is 2. The molecule has 0 aliphatic carbocycles. The largest absolute Gasteiger partial charge is 0.363 e. The monoisotopic (exact) mass is 265 g/mol. The van der Waals surface area contributed by atoms with Crippen LogP contribution in [0.2, 0.25) is 0 Å². The molecule has 0 bridgehead atoms. The van der Waals surface area contributed by atoms with Gasteiger partial charge < -0.3 is 15.5 Å². The molecule has 2 rings (SSSR count). The lowest BCUT2D eigenvalue weighted by molar-refractivity contribution is -0.431. The van der Waals surface area contributed by atoms with Crippen molar-refractivity contribution in [3.05, 3.63) is 0 Å². The Kier molecular flexibility index (Phi) is 3.19.